The fourth-order valence-electron chi connectivity index (χ4n) is 5.33. The highest BCUT2D eigenvalue weighted by molar-refractivity contribution is 6.89. The van der Waals surface area contributed by atoms with Crippen LogP contribution in [0.3, 0.4) is 0 Å². The Kier molecular flexibility index (Phi) is 41.5. The minimum atomic E-state index is -2.41. The average molecular weight is 721 g/mol. The van der Waals surface area contributed by atoms with Crippen molar-refractivity contribution in [3.63, 3.8) is 0 Å². The second-order valence-electron chi connectivity index (χ2n) is 14.0. The van der Waals surface area contributed by atoms with Crippen LogP contribution in [0.1, 0.15) is 135 Å². The maximum Gasteiger partial charge on any atom is 0.315 e. The van der Waals surface area contributed by atoms with E-state index in [2.05, 4.69) is 59.3 Å². The smallest absolute Gasteiger partial charge is 0.315 e. The molecule has 1 atom stereocenters. The highest BCUT2D eigenvalue weighted by atomic mass is 28.5. The van der Waals surface area contributed by atoms with Gasteiger partial charge in [-0.2, -0.15) is 0 Å². The van der Waals surface area contributed by atoms with Crippen molar-refractivity contribution in [2.75, 3.05) is 26.4 Å². The van der Waals surface area contributed by atoms with E-state index in [1.807, 2.05) is 6.92 Å². The Morgan fingerprint density at radius 2 is 0.978 bits per heavy atom. The summed E-state index contributed by atoms with van der Waals surface area (Å²) in [5, 5.41) is 19.3. The molecule has 284 valence electrons. The van der Waals surface area contributed by atoms with Crippen LogP contribution < -0.4 is 0 Å². The van der Waals surface area contributed by atoms with Crippen molar-refractivity contribution < 1.29 is 27.3 Å². The molecule has 0 aliphatic carbocycles. The Bertz CT molecular complexity index is 605. The standard InChI is InChI=1S/C29H68O6Si4.6CH4/c1-11-13-14-15-16-17-18-19-20-21-25-39(10,35-38(8,9)33-36(3,4)5)34-37(6,7)24-22-23-32-28-29(12-2,26-30)27-31;;;;;;/h30-31H,11-28H2,1-10H3;6*1H4. The molecule has 0 bridgehead atoms. The molecule has 10 heteroatoms. The Labute approximate surface area is 291 Å². The molecule has 0 heterocycles. The quantitative estimate of drug-likeness (QED) is 0.0684. The third kappa shape index (κ3) is 31.6. The fraction of sp³-hybridized carbons (Fsp3) is 1.00. The molecule has 0 rings (SSSR count). The van der Waals surface area contributed by atoms with Gasteiger partial charge in [-0.15, -0.1) is 0 Å². The van der Waals surface area contributed by atoms with Gasteiger partial charge in [-0.05, 0) is 77.3 Å². The molecule has 0 spiro atoms. The third-order valence-electron chi connectivity index (χ3n) is 7.39. The Morgan fingerprint density at radius 3 is 1.38 bits per heavy atom. The Balaban J connectivity index is -0.000000481. The van der Waals surface area contributed by atoms with Crippen LogP contribution >= 0.6 is 0 Å². The van der Waals surface area contributed by atoms with Gasteiger partial charge in [-0.3, -0.25) is 0 Å². The molecule has 0 saturated heterocycles. The number of unbranched alkanes of at least 4 members (excludes halogenated alkanes) is 9. The van der Waals surface area contributed by atoms with Gasteiger partial charge in [0, 0.05) is 12.0 Å². The first-order chi connectivity index (χ1) is 18.1. The molecule has 0 aromatic heterocycles. The van der Waals surface area contributed by atoms with E-state index in [1.165, 1.54) is 64.2 Å². The first-order valence-electron chi connectivity index (χ1n) is 16.0. The second kappa shape index (κ2) is 30.7. The fourth-order valence-corrected chi connectivity index (χ4v) is 24.3. The van der Waals surface area contributed by atoms with Crippen molar-refractivity contribution >= 4 is 33.8 Å². The summed E-state index contributed by atoms with van der Waals surface area (Å²) in [6.45, 7) is 23.2. The van der Waals surface area contributed by atoms with Crippen LogP contribution in [0.2, 0.25) is 64.5 Å². The number of ether oxygens (including phenoxy) is 1. The van der Waals surface area contributed by atoms with Crippen LogP contribution in [0.4, 0.5) is 0 Å². The van der Waals surface area contributed by atoms with Crippen molar-refractivity contribution in [3.8, 4) is 0 Å². The molecular formula is C35H92O6Si4. The van der Waals surface area contributed by atoms with E-state index in [9.17, 15) is 10.2 Å². The van der Waals surface area contributed by atoms with E-state index in [-0.39, 0.29) is 57.8 Å². The molecule has 0 fully saturated rings. The van der Waals surface area contributed by atoms with Gasteiger partial charge in [0.15, 0.2) is 16.6 Å². The molecule has 0 saturated carbocycles. The minimum absolute atomic E-state index is 0. The average Bonchev–Trinajstić information content (AvgIpc) is 2.80. The summed E-state index contributed by atoms with van der Waals surface area (Å²) in [5.41, 5.74) is -0.537. The third-order valence-corrected chi connectivity index (χ3v) is 22.3. The normalized spacial score (nSPS) is 13.1. The van der Waals surface area contributed by atoms with Gasteiger partial charge in [0.2, 0.25) is 0 Å². The minimum Gasteiger partial charge on any atom is -0.437 e. The molecule has 0 aliphatic rings. The molecular weight excluding hydrogens is 629 g/mol. The van der Waals surface area contributed by atoms with E-state index >= 15 is 0 Å². The van der Waals surface area contributed by atoms with Gasteiger partial charge in [0.05, 0.1) is 19.8 Å². The maximum absolute atomic E-state index is 9.66. The van der Waals surface area contributed by atoms with Crippen LogP contribution in [0.25, 0.3) is 0 Å². The van der Waals surface area contributed by atoms with Gasteiger partial charge < -0.3 is 27.3 Å². The first kappa shape index (κ1) is 60.9. The molecule has 1 unspecified atom stereocenters. The van der Waals surface area contributed by atoms with Crippen LogP contribution in [-0.2, 0) is 17.1 Å². The lowest BCUT2D eigenvalue weighted by atomic mass is 9.88. The van der Waals surface area contributed by atoms with E-state index in [0.717, 1.165) is 18.5 Å². The van der Waals surface area contributed by atoms with Crippen LogP contribution in [0.15, 0.2) is 0 Å². The second-order valence-corrected chi connectivity index (χ2v) is 30.2. The molecule has 0 amide bonds. The van der Waals surface area contributed by atoms with Crippen molar-refractivity contribution in [2.24, 2.45) is 5.41 Å². The number of aliphatic hydroxyl groups is 2. The lowest BCUT2D eigenvalue weighted by Gasteiger charge is -2.42. The Morgan fingerprint density at radius 1 is 0.533 bits per heavy atom. The lowest BCUT2D eigenvalue weighted by Crippen LogP contribution is -2.57. The molecule has 6 nitrogen and oxygen atoms in total. The maximum atomic E-state index is 9.66. The van der Waals surface area contributed by atoms with Crippen LogP contribution in [0, 0.1) is 5.41 Å². The molecule has 0 aromatic rings. The summed E-state index contributed by atoms with van der Waals surface area (Å²) in [6, 6.07) is 2.04. The van der Waals surface area contributed by atoms with Gasteiger partial charge in [-0.1, -0.05) is 123 Å². The summed E-state index contributed by atoms with van der Waals surface area (Å²) in [5.74, 6) is 0. The Hall–Kier alpha value is 0.628. The summed E-state index contributed by atoms with van der Waals surface area (Å²) < 4.78 is 26.5. The molecule has 0 aromatic carbocycles. The molecule has 0 radical (unpaired) electrons. The topological polar surface area (TPSA) is 77.4 Å². The number of hydrogen-bond donors (Lipinski definition) is 2. The van der Waals surface area contributed by atoms with Gasteiger partial charge >= 0.3 is 17.1 Å². The largest absolute Gasteiger partial charge is 0.437 e. The van der Waals surface area contributed by atoms with E-state index < -0.39 is 39.2 Å². The van der Waals surface area contributed by atoms with Crippen molar-refractivity contribution in [1.82, 2.24) is 0 Å². The zero-order valence-electron chi connectivity index (χ0n) is 27.8. The first-order valence-corrected chi connectivity index (χ1v) is 27.8. The van der Waals surface area contributed by atoms with Gasteiger partial charge in [-0.25, -0.2) is 0 Å². The summed E-state index contributed by atoms with van der Waals surface area (Å²) in [6.07, 6.45) is 14.9. The highest BCUT2D eigenvalue weighted by Gasteiger charge is 2.45. The highest BCUT2D eigenvalue weighted by Crippen LogP contribution is 2.30. The SMILES string of the molecule is C.C.C.C.C.C.CCCCCCCCCCCC[Si](C)(O[Si](C)(C)CCCOCC(CC)(CO)CO)O[Si](C)(C)O[Si](C)(C)C. The van der Waals surface area contributed by atoms with Crippen molar-refractivity contribution in [2.45, 2.75) is 200 Å². The number of rotatable bonds is 26. The van der Waals surface area contributed by atoms with Gasteiger partial charge in [0.1, 0.15) is 0 Å². The van der Waals surface area contributed by atoms with E-state index in [4.69, 9.17) is 17.1 Å². The van der Waals surface area contributed by atoms with Crippen LogP contribution in [-0.4, -0.2) is 70.4 Å². The molecule has 2 N–H and O–H groups in total. The van der Waals surface area contributed by atoms with Gasteiger partial charge in [0.25, 0.3) is 0 Å². The molecule has 45 heavy (non-hydrogen) atoms. The predicted molar refractivity (Wildman–Crippen MR) is 217 cm³/mol. The van der Waals surface area contributed by atoms with E-state index in [1.54, 1.807) is 0 Å². The predicted octanol–water partition coefficient (Wildman–Crippen LogP) is 12.4. The molecule has 0 aliphatic heterocycles. The van der Waals surface area contributed by atoms with E-state index in [0.29, 0.717) is 19.6 Å². The summed E-state index contributed by atoms with van der Waals surface area (Å²) >= 11 is 0. The lowest BCUT2D eigenvalue weighted by molar-refractivity contribution is -0.0297. The van der Waals surface area contributed by atoms with Crippen LogP contribution in [0.5, 0.6) is 0 Å². The number of hydrogen-bond acceptors (Lipinski definition) is 6. The summed E-state index contributed by atoms with van der Waals surface area (Å²) in [7, 11) is -8.40. The number of aliphatic hydroxyl groups excluding tert-OH is 2. The monoisotopic (exact) mass is 721 g/mol. The zero-order chi connectivity index (χ0) is 30.1. The van der Waals surface area contributed by atoms with Crippen molar-refractivity contribution in [1.29, 1.82) is 0 Å². The summed E-state index contributed by atoms with van der Waals surface area (Å²) in [4.78, 5) is 0. The van der Waals surface area contributed by atoms with Crippen molar-refractivity contribution in [3.05, 3.63) is 0 Å². The zero-order valence-corrected chi connectivity index (χ0v) is 31.8.